The molecule has 0 unspecified atom stereocenters. The fourth-order valence-corrected chi connectivity index (χ4v) is 5.75. The second kappa shape index (κ2) is 10.8. The number of benzene rings is 2. The number of carbonyl (C=O) groups excluding carboxylic acids is 4. The van der Waals surface area contributed by atoms with Gasteiger partial charge in [0.25, 0.3) is 0 Å². The molecule has 2 aliphatic rings. The predicted octanol–water partition coefficient (Wildman–Crippen LogP) is 5.39. The van der Waals surface area contributed by atoms with Crippen LogP contribution in [0.5, 0.6) is 0 Å². The molecule has 230 valence electrons. The number of ketones is 2. The van der Waals surface area contributed by atoms with Crippen molar-refractivity contribution in [3.63, 3.8) is 0 Å². The van der Waals surface area contributed by atoms with Gasteiger partial charge in [0.05, 0.1) is 11.3 Å². The van der Waals surface area contributed by atoms with E-state index in [9.17, 15) is 24.4 Å². The summed E-state index contributed by atoms with van der Waals surface area (Å²) in [6.07, 6.45) is 1.38. The van der Waals surface area contributed by atoms with Crippen molar-refractivity contribution in [1.82, 2.24) is 5.32 Å². The van der Waals surface area contributed by atoms with E-state index in [0.717, 1.165) is 0 Å². The van der Waals surface area contributed by atoms with Gasteiger partial charge in [0.1, 0.15) is 23.2 Å². The molecule has 4 rings (SSSR count). The smallest absolute Gasteiger partial charge is 0.337 e. The van der Waals surface area contributed by atoms with Crippen LogP contribution in [0.1, 0.15) is 88.6 Å². The van der Waals surface area contributed by atoms with Crippen LogP contribution in [0.2, 0.25) is 0 Å². The average molecular weight is 598 g/mol. The third-order valence-corrected chi connectivity index (χ3v) is 7.19. The van der Waals surface area contributed by atoms with E-state index in [1.54, 1.807) is 105 Å². The molecule has 0 amide bonds. The van der Waals surface area contributed by atoms with Crippen LogP contribution in [0.4, 0.5) is 0 Å². The molecule has 2 aliphatic carbocycles. The van der Waals surface area contributed by atoms with Crippen molar-refractivity contribution in [1.29, 1.82) is 5.26 Å². The third kappa shape index (κ3) is 5.45. The Morgan fingerprint density at radius 1 is 0.841 bits per heavy atom. The largest absolute Gasteiger partial charge is 0.459 e. The first-order chi connectivity index (χ1) is 20.3. The number of fused-ring (bicyclic) bond motifs is 1. The topological polar surface area (TPSA) is 135 Å². The van der Waals surface area contributed by atoms with Crippen molar-refractivity contribution in [2.45, 2.75) is 84.6 Å². The first-order valence-corrected chi connectivity index (χ1v) is 14.5. The third-order valence-electron chi connectivity index (χ3n) is 7.19. The van der Waals surface area contributed by atoms with Crippen molar-refractivity contribution in [3.8, 4) is 6.07 Å². The molecule has 0 fully saturated rings. The minimum absolute atomic E-state index is 0.0288. The Hall–Kier alpha value is -4.58. The van der Waals surface area contributed by atoms with E-state index >= 15 is 0 Å². The summed E-state index contributed by atoms with van der Waals surface area (Å²) in [5, 5.41) is 14.4. The molecular formula is C35H39N3O6. The molecule has 0 bridgehead atoms. The zero-order valence-corrected chi connectivity index (χ0v) is 26.7. The number of Topliss-reactive ketones (excluding diaryl/α,β-unsaturated/α-hetero) is 2. The molecule has 1 spiro atoms. The second-order valence-corrected chi connectivity index (χ2v) is 14.1. The molecule has 44 heavy (non-hydrogen) atoms. The number of hydrogen-bond donors (Lipinski definition) is 1. The van der Waals surface area contributed by atoms with Crippen LogP contribution >= 0.6 is 0 Å². The van der Waals surface area contributed by atoms with E-state index in [-0.39, 0.29) is 22.4 Å². The first-order valence-electron chi connectivity index (χ1n) is 14.5. The Labute approximate surface area is 258 Å². The number of ether oxygens (including phenoxy) is 2. The van der Waals surface area contributed by atoms with Gasteiger partial charge in [0, 0.05) is 22.9 Å². The summed E-state index contributed by atoms with van der Waals surface area (Å²) in [5.74, 6) is -5.45. The van der Waals surface area contributed by atoms with Crippen LogP contribution in [0.3, 0.4) is 0 Å². The lowest BCUT2D eigenvalue weighted by molar-refractivity contribution is -0.164. The molecule has 0 aliphatic heterocycles. The number of aliphatic imine (C=N–C) groups is 1. The van der Waals surface area contributed by atoms with Crippen molar-refractivity contribution < 1.29 is 28.7 Å². The van der Waals surface area contributed by atoms with E-state index in [2.05, 4.69) is 11.4 Å². The zero-order valence-electron chi connectivity index (χ0n) is 26.7. The highest BCUT2D eigenvalue weighted by Gasteiger charge is 2.79. The van der Waals surface area contributed by atoms with Gasteiger partial charge in [-0.3, -0.25) is 19.4 Å². The number of nitriles is 1. The number of nitrogens with one attached hydrogen (secondary N) is 1. The van der Waals surface area contributed by atoms with Gasteiger partial charge < -0.3 is 14.8 Å². The Morgan fingerprint density at radius 2 is 1.34 bits per heavy atom. The van der Waals surface area contributed by atoms with Crippen LogP contribution in [0, 0.1) is 22.7 Å². The van der Waals surface area contributed by atoms with Crippen molar-refractivity contribution in [2.75, 3.05) is 0 Å². The summed E-state index contributed by atoms with van der Waals surface area (Å²) in [7, 11) is 0. The lowest BCUT2D eigenvalue weighted by atomic mass is 9.62. The lowest BCUT2D eigenvalue weighted by Crippen LogP contribution is -2.59. The van der Waals surface area contributed by atoms with Gasteiger partial charge in [-0.15, -0.1) is 0 Å². The maximum atomic E-state index is 14.8. The van der Waals surface area contributed by atoms with E-state index in [4.69, 9.17) is 14.5 Å². The van der Waals surface area contributed by atoms with E-state index < -0.39 is 57.1 Å². The summed E-state index contributed by atoms with van der Waals surface area (Å²) in [6.45, 7) is 15.2. The van der Waals surface area contributed by atoms with Crippen molar-refractivity contribution >= 4 is 29.7 Å². The Kier molecular flexibility index (Phi) is 7.97. The van der Waals surface area contributed by atoms with Gasteiger partial charge in [-0.1, -0.05) is 54.6 Å². The minimum Gasteiger partial charge on any atom is -0.459 e. The van der Waals surface area contributed by atoms with Gasteiger partial charge in [-0.25, -0.2) is 4.79 Å². The Bertz CT molecular complexity index is 1590. The van der Waals surface area contributed by atoms with E-state index in [1.165, 1.54) is 18.3 Å². The maximum Gasteiger partial charge on any atom is 0.337 e. The maximum absolute atomic E-state index is 14.8. The van der Waals surface area contributed by atoms with Gasteiger partial charge in [-0.05, 0) is 67.9 Å². The first kappa shape index (κ1) is 32.3. The van der Waals surface area contributed by atoms with E-state index in [1.807, 2.05) is 0 Å². The molecule has 0 heterocycles. The minimum atomic E-state index is -2.52. The van der Waals surface area contributed by atoms with Gasteiger partial charge >= 0.3 is 11.9 Å². The monoisotopic (exact) mass is 597 g/mol. The Balaban J connectivity index is 2.21. The van der Waals surface area contributed by atoms with Crippen LogP contribution < -0.4 is 5.32 Å². The molecule has 0 radical (unpaired) electrons. The molecule has 2 atom stereocenters. The summed E-state index contributed by atoms with van der Waals surface area (Å²) in [5.41, 5.74) is -7.70. The number of carbonyl (C=O) groups is 4. The highest BCUT2D eigenvalue weighted by atomic mass is 16.6. The predicted molar refractivity (Wildman–Crippen MR) is 165 cm³/mol. The fourth-order valence-electron chi connectivity index (χ4n) is 5.75. The van der Waals surface area contributed by atoms with Crippen molar-refractivity contribution in [2.24, 2.45) is 16.3 Å². The van der Waals surface area contributed by atoms with E-state index in [0.29, 0.717) is 5.56 Å². The molecule has 0 aromatic heterocycles. The number of esters is 2. The van der Waals surface area contributed by atoms with Gasteiger partial charge in [-0.2, -0.15) is 5.26 Å². The SMILES string of the molecule is CC(C)(C)NC1=C(C(=O)OC(C)(C)C)[C@H](C(=O)OC(C)(C)C)C2(C(=O)c3ccccc3C2=O)[C@]1(C#N)N=Cc1ccccc1. The Morgan fingerprint density at radius 3 is 1.80 bits per heavy atom. The standard InChI is InChI=1S/C35H39N3O6/c1-31(2,3)38-26-24(29(41)43-32(4,5)6)25(30(42)44-33(7,8)9)35(27(39)22-17-13-14-18-23(22)28(35)40)34(26,20-36)37-19-21-15-11-10-12-16-21/h10-19,25,38H,1-9H3/t25-,34-/m1/s1. The van der Waals surface area contributed by atoms with Crippen LogP contribution in [-0.4, -0.2) is 52.0 Å². The molecule has 2 aromatic rings. The van der Waals surface area contributed by atoms with Crippen LogP contribution in [-0.2, 0) is 19.1 Å². The molecule has 0 saturated carbocycles. The average Bonchev–Trinajstić information content (AvgIpc) is 3.28. The number of nitrogens with zero attached hydrogens (tertiary/aromatic N) is 2. The van der Waals surface area contributed by atoms with Crippen LogP contribution in [0.25, 0.3) is 0 Å². The van der Waals surface area contributed by atoms with Gasteiger partial charge in [0.2, 0.25) is 5.54 Å². The summed E-state index contributed by atoms with van der Waals surface area (Å²) in [4.78, 5) is 62.9. The quantitative estimate of drug-likeness (QED) is 0.275. The normalized spacial score (nSPS) is 21.4. The second-order valence-electron chi connectivity index (χ2n) is 14.1. The van der Waals surface area contributed by atoms with Crippen molar-refractivity contribution in [3.05, 3.63) is 82.6 Å². The fraction of sp³-hybridized carbons (Fsp3) is 0.429. The zero-order chi connectivity index (χ0) is 32.9. The van der Waals surface area contributed by atoms with Crippen LogP contribution in [0.15, 0.2) is 70.9 Å². The van der Waals surface area contributed by atoms with Gasteiger partial charge in [0.15, 0.2) is 17.0 Å². The lowest BCUT2D eigenvalue weighted by Gasteiger charge is -2.39. The molecule has 2 aromatic carbocycles. The summed E-state index contributed by atoms with van der Waals surface area (Å²) < 4.78 is 11.6. The molecule has 0 saturated heterocycles. The number of hydrogen-bond acceptors (Lipinski definition) is 9. The summed E-state index contributed by atoms with van der Waals surface area (Å²) in [6, 6.07) is 17.1. The highest BCUT2D eigenvalue weighted by Crippen LogP contribution is 2.62. The summed E-state index contributed by atoms with van der Waals surface area (Å²) >= 11 is 0. The number of rotatable bonds is 5. The molecule has 9 heteroatoms. The molecule has 9 nitrogen and oxygen atoms in total. The highest BCUT2D eigenvalue weighted by molar-refractivity contribution is 6.34. The molecular weight excluding hydrogens is 558 g/mol. The molecule has 1 N–H and O–H groups in total.